The Hall–Kier alpha value is -4.75. The van der Waals surface area contributed by atoms with Crippen LogP contribution in [0.1, 0.15) is 12.5 Å². The molecule has 0 aliphatic carbocycles. The summed E-state index contributed by atoms with van der Waals surface area (Å²) in [6.07, 6.45) is 3.23. The molecule has 178 valence electrons. The van der Waals surface area contributed by atoms with Crippen molar-refractivity contribution < 1.29 is 17.9 Å². The number of alkyl halides is 3. The molecule has 0 fully saturated rings. The predicted octanol–water partition coefficient (Wildman–Crippen LogP) is 4.00. The van der Waals surface area contributed by atoms with Gasteiger partial charge in [0, 0.05) is 36.0 Å². The van der Waals surface area contributed by atoms with E-state index in [1.165, 1.54) is 23.4 Å². The molecule has 4 aromatic heterocycles. The molecule has 0 bridgehead atoms. The predicted molar refractivity (Wildman–Crippen MR) is 119 cm³/mol. The summed E-state index contributed by atoms with van der Waals surface area (Å²) in [6, 6.07) is 6.96. The first kappa shape index (κ1) is 22.1. The van der Waals surface area contributed by atoms with Crippen molar-refractivity contribution in [3.05, 3.63) is 67.1 Å². The molecule has 35 heavy (non-hydrogen) atoms. The van der Waals surface area contributed by atoms with E-state index in [1.54, 1.807) is 31.5 Å². The van der Waals surface area contributed by atoms with Crippen molar-refractivity contribution in [3.63, 3.8) is 0 Å². The molecule has 1 aromatic carbocycles. The molecule has 11 nitrogen and oxygen atoms in total. The standard InChI is InChI=1S/C21H17F3N10O/c1-2-35-20-31-18(28-14-3-5-33-6-4-26-17(33)10-14)30-19(32-20)29-15-7-13(21(22,23)24)8-16(9-15)34-12-25-11-27-34/h3-12H,2H2,1H3,(H2,28,29,30,31,32). The second-order valence-corrected chi connectivity index (χ2v) is 7.16. The number of halogens is 3. The lowest BCUT2D eigenvalue weighted by Gasteiger charge is -2.14. The average molecular weight is 482 g/mol. The molecule has 0 aliphatic heterocycles. The Morgan fingerprint density at radius 2 is 1.77 bits per heavy atom. The zero-order valence-electron chi connectivity index (χ0n) is 18.1. The van der Waals surface area contributed by atoms with Crippen molar-refractivity contribution in [2.24, 2.45) is 0 Å². The number of imidazole rings is 1. The van der Waals surface area contributed by atoms with Gasteiger partial charge in [-0.25, -0.2) is 14.6 Å². The molecule has 0 aliphatic rings. The van der Waals surface area contributed by atoms with Crippen molar-refractivity contribution >= 4 is 28.9 Å². The van der Waals surface area contributed by atoms with Gasteiger partial charge in [-0.1, -0.05) is 0 Å². The number of fused-ring (bicyclic) bond motifs is 1. The maximum Gasteiger partial charge on any atom is 0.416 e. The Labute approximate surface area is 195 Å². The van der Waals surface area contributed by atoms with Crippen LogP contribution in [0.15, 0.2) is 61.6 Å². The molecule has 0 saturated heterocycles. The first-order valence-corrected chi connectivity index (χ1v) is 10.3. The number of benzene rings is 1. The quantitative estimate of drug-likeness (QED) is 0.355. The fraction of sp³-hybridized carbons (Fsp3) is 0.143. The van der Waals surface area contributed by atoms with Gasteiger partial charge >= 0.3 is 12.2 Å². The molecular formula is C21H17F3N10O. The molecular weight excluding hydrogens is 465 g/mol. The highest BCUT2D eigenvalue weighted by Crippen LogP contribution is 2.33. The van der Waals surface area contributed by atoms with Crippen LogP contribution >= 0.6 is 0 Å². The number of aromatic nitrogens is 8. The number of anilines is 4. The van der Waals surface area contributed by atoms with Gasteiger partial charge < -0.3 is 19.8 Å². The Kier molecular flexibility index (Phi) is 5.60. The van der Waals surface area contributed by atoms with Crippen LogP contribution in [0.3, 0.4) is 0 Å². The van der Waals surface area contributed by atoms with Gasteiger partial charge in [0.05, 0.1) is 17.9 Å². The van der Waals surface area contributed by atoms with E-state index < -0.39 is 11.7 Å². The minimum atomic E-state index is -4.58. The summed E-state index contributed by atoms with van der Waals surface area (Å²) in [5.74, 6) is 0.113. The first-order chi connectivity index (χ1) is 16.9. The summed E-state index contributed by atoms with van der Waals surface area (Å²) in [6.45, 7) is 2.04. The largest absolute Gasteiger partial charge is 0.464 e. The van der Waals surface area contributed by atoms with E-state index in [1.807, 2.05) is 10.6 Å². The van der Waals surface area contributed by atoms with E-state index in [4.69, 9.17) is 4.74 Å². The van der Waals surface area contributed by atoms with Crippen LogP contribution in [-0.2, 0) is 6.18 Å². The van der Waals surface area contributed by atoms with E-state index in [9.17, 15) is 13.2 Å². The van der Waals surface area contributed by atoms with E-state index in [0.29, 0.717) is 11.3 Å². The third-order valence-corrected chi connectivity index (χ3v) is 4.73. The number of pyridine rings is 1. The number of nitrogens with one attached hydrogen (secondary N) is 2. The van der Waals surface area contributed by atoms with E-state index in [0.717, 1.165) is 12.1 Å². The molecule has 0 unspecified atom stereocenters. The second-order valence-electron chi connectivity index (χ2n) is 7.16. The Balaban J connectivity index is 1.49. The lowest BCUT2D eigenvalue weighted by atomic mass is 10.1. The van der Waals surface area contributed by atoms with Crippen LogP contribution in [0.5, 0.6) is 6.01 Å². The maximum atomic E-state index is 13.5. The number of rotatable bonds is 7. The Bertz CT molecular complexity index is 1470. The van der Waals surface area contributed by atoms with E-state index in [2.05, 4.69) is 40.7 Å². The fourth-order valence-corrected chi connectivity index (χ4v) is 3.23. The molecule has 5 rings (SSSR count). The molecule has 4 heterocycles. The van der Waals surface area contributed by atoms with Gasteiger partial charge in [0.25, 0.3) is 0 Å². The molecule has 14 heteroatoms. The van der Waals surface area contributed by atoms with Crippen molar-refractivity contribution in [1.29, 1.82) is 0 Å². The first-order valence-electron chi connectivity index (χ1n) is 10.3. The molecule has 2 N–H and O–H groups in total. The van der Waals surface area contributed by atoms with E-state index in [-0.39, 0.29) is 35.9 Å². The van der Waals surface area contributed by atoms with Crippen molar-refractivity contribution in [3.8, 4) is 11.7 Å². The summed E-state index contributed by atoms with van der Waals surface area (Å²) in [5.41, 5.74) is 0.723. The molecule has 5 aromatic rings. The minimum Gasteiger partial charge on any atom is -0.464 e. The summed E-state index contributed by atoms with van der Waals surface area (Å²) in [4.78, 5) is 20.7. The lowest BCUT2D eigenvalue weighted by molar-refractivity contribution is -0.137. The van der Waals surface area contributed by atoms with Gasteiger partial charge in [-0.05, 0) is 31.2 Å². The average Bonchev–Trinajstić information content (AvgIpc) is 3.50. The van der Waals surface area contributed by atoms with Crippen LogP contribution in [0.25, 0.3) is 11.3 Å². The van der Waals surface area contributed by atoms with Gasteiger partial charge in [0.1, 0.15) is 18.3 Å². The Morgan fingerprint density at radius 3 is 2.49 bits per heavy atom. The van der Waals surface area contributed by atoms with Crippen LogP contribution in [0, 0.1) is 0 Å². The van der Waals surface area contributed by atoms with Gasteiger partial charge in [-0.3, -0.25) is 0 Å². The minimum absolute atomic E-state index is 0.00198. The molecule has 0 saturated carbocycles. The fourth-order valence-electron chi connectivity index (χ4n) is 3.23. The third kappa shape index (κ3) is 4.95. The van der Waals surface area contributed by atoms with Crippen molar-refractivity contribution in [2.45, 2.75) is 13.1 Å². The van der Waals surface area contributed by atoms with Crippen molar-refractivity contribution in [2.75, 3.05) is 17.2 Å². The topological polar surface area (TPSA) is 120 Å². The van der Waals surface area contributed by atoms with Crippen LogP contribution in [0.4, 0.5) is 36.4 Å². The summed E-state index contributed by atoms with van der Waals surface area (Å²) < 4.78 is 49.1. The highest BCUT2D eigenvalue weighted by molar-refractivity contribution is 5.63. The summed E-state index contributed by atoms with van der Waals surface area (Å²) >= 11 is 0. The van der Waals surface area contributed by atoms with Crippen LogP contribution in [-0.4, -0.2) is 45.7 Å². The second kappa shape index (κ2) is 8.89. The Morgan fingerprint density at radius 1 is 0.971 bits per heavy atom. The van der Waals surface area contributed by atoms with Crippen LogP contribution in [0.2, 0.25) is 0 Å². The number of hydrogen-bond donors (Lipinski definition) is 2. The molecule has 0 amide bonds. The zero-order chi connectivity index (χ0) is 24.4. The lowest BCUT2D eigenvalue weighted by Crippen LogP contribution is -2.10. The normalized spacial score (nSPS) is 11.5. The third-order valence-electron chi connectivity index (χ3n) is 4.73. The monoisotopic (exact) mass is 482 g/mol. The van der Waals surface area contributed by atoms with Gasteiger partial charge in [0.15, 0.2) is 0 Å². The number of nitrogens with zero attached hydrogens (tertiary/aromatic N) is 8. The molecule has 0 radical (unpaired) electrons. The SMILES string of the molecule is CCOc1nc(Nc2cc(-n3cncn3)cc(C(F)(F)F)c2)nc(Nc2ccn3ccnc3c2)n1. The maximum absolute atomic E-state index is 13.5. The highest BCUT2D eigenvalue weighted by atomic mass is 19.4. The smallest absolute Gasteiger partial charge is 0.416 e. The number of hydrogen-bond acceptors (Lipinski definition) is 9. The summed E-state index contributed by atoms with van der Waals surface area (Å²) in [5, 5.41) is 9.76. The zero-order valence-corrected chi connectivity index (χ0v) is 18.1. The van der Waals surface area contributed by atoms with Crippen LogP contribution < -0.4 is 15.4 Å². The van der Waals surface area contributed by atoms with E-state index >= 15 is 0 Å². The van der Waals surface area contributed by atoms with Gasteiger partial charge in [0.2, 0.25) is 11.9 Å². The summed E-state index contributed by atoms with van der Waals surface area (Å²) in [7, 11) is 0. The number of ether oxygens (including phenoxy) is 1. The van der Waals surface area contributed by atoms with Gasteiger partial charge in [-0.2, -0.15) is 33.2 Å². The highest BCUT2D eigenvalue weighted by Gasteiger charge is 2.31. The molecule has 0 atom stereocenters. The molecule has 0 spiro atoms. The van der Waals surface area contributed by atoms with Crippen molar-refractivity contribution in [1.82, 2.24) is 39.1 Å². The van der Waals surface area contributed by atoms with Gasteiger partial charge in [-0.15, -0.1) is 0 Å².